The van der Waals surface area contributed by atoms with Gasteiger partial charge in [0, 0.05) is 17.8 Å². The molecule has 130 valence electrons. The molecule has 1 aromatic carbocycles. The van der Waals surface area contributed by atoms with Crippen LogP contribution in [0.3, 0.4) is 0 Å². The monoisotopic (exact) mass is 332 g/mol. The third-order valence-electron chi connectivity index (χ3n) is 4.07. The maximum atomic E-state index is 12.2. The summed E-state index contributed by atoms with van der Waals surface area (Å²) in [5.74, 6) is -0.468. The van der Waals surface area contributed by atoms with Crippen LogP contribution in [0.4, 0.5) is 5.69 Å². The first-order chi connectivity index (χ1) is 11.5. The molecule has 0 spiro atoms. The van der Waals surface area contributed by atoms with Crippen LogP contribution in [-0.4, -0.2) is 48.8 Å². The molecule has 0 bridgehead atoms. The van der Waals surface area contributed by atoms with E-state index in [1.807, 2.05) is 4.90 Å². The Balaban J connectivity index is 1.85. The average Bonchev–Trinajstić information content (AvgIpc) is 2.55. The fourth-order valence-electron chi connectivity index (χ4n) is 2.84. The third-order valence-corrected chi connectivity index (χ3v) is 4.07. The lowest BCUT2D eigenvalue weighted by atomic mass is 9.98. The fourth-order valence-corrected chi connectivity index (χ4v) is 2.84. The van der Waals surface area contributed by atoms with Crippen molar-refractivity contribution in [3.05, 3.63) is 29.8 Å². The second-order valence-electron chi connectivity index (χ2n) is 6.01. The number of nitrogens with zero attached hydrogens (tertiary/aromatic N) is 1. The van der Waals surface area contributed by atoms with Crippen LogP contribution in [0.1, 0.15) is 37.0 Å². The quantitative estimate of drug-likeness (QED) is 0.638. The summed E-state index contributed by atoms with van der Waals surface area (Å²) in [7, 11) is 0. The van der Waals surface area contributed by atoms with Gasteiger partial charge in [0.2, 0.25) is 5.91 Å². The molecule has 1 aromatic rings. The Morgan fingerprint density at radius 3 is 2.58 bits per heavy atom. The molecule has 0 unspecified atom stereocenters. The number of carbonyl (C=O) groups is 3. The first-order valence-electron chi connectivity index (χ1n) is 8.29. The van der Waals surface area contributed by atoms with Gasteiger partial charge in [0.25, 0.3) is 0 Å². The van der Waals surface area contributed by atoms with E-state index in [1.165, 1.54) is 6.92 Å². The van der Waals surface area contributed by atoms with Gasteiger partial charge < -0.3 is 10.1 Å². The summed E-state index contributed by atoms with van der Waals surface area (Å²) in [6.45, 7) is 5.27. The molecule has 2 rings (SSSR count). The van der Waals surface area contributed by atoms with E-state index in [0.29, 0.717) is 24.4 Å². The van der Waals surface area contributed by atoms with Crippen molar-refractivity contribution >= 4 is 23.3 Å². The Hall–Kier alpha value is -2.21. The Morgan fingerprint density at radius 1 is 1.25 bits per heavy atom. The van der Waals surface area contributed by atoms with Crippen LogP contribution in [0.2, 0.25) is 0 Å². The van der Waals surface area contributed by atoms with Crippen LogP contribution < -0.4 is 5.32 Å². The van der Waals surface area contributed by atoms with Gasteiger partial charge in [-0.25, -0.2) is 0 Å². The molecule has 0 aromatic heterocycles. The van der Waals surface area contributed by atoms with Crippen LogP contribution >= 0.6 is 0 Å². The number of rotatable bonds is 6. The molecule has 1 aliphatic rings. The predicted octanol–water partition coefficient (Wildman–Crippen LogP) is 2.10. The molecule has 0 saturated carbocycles. The van der Waals surface area contributed by atoms with Gasteiger partial charge in [-0.05, 0) is 57.5 Å². The molecule has 6 heteroatoms. The number of likely N-dealkylation sites (tertiary alicyclic amines) is 1. The maximum Gasteiger partial charge on any atom is 0.310 e. The Labute approximate surface area is 142 Å². The predicted molar refractivity (Wildman–Crippen MR) is 90.9 cm³/mol. The smallest absolute Gasteiger partial charge is 0.310 e. The molecule has 1 amide bonds. The van der Waals surface area contributed by atoms with Crippen molar-refractivity contribution in [3.63, 3.8) is 0 Å². The molecule has 1 saturated heterocycles. The van der Waals surface area contributed by atoms with Gasteiger partial charge in [-0.2, -0.15) is 0 Å². The summed E-state index contributed by atoms with van der Waals surface area (Å²) in [4.78, 5) is 37.2. The molecular formula is C18H24N2O4. The highest BCUT2D eigenvalue weighted by Gasteiger charge is 2.27. The first kappa shape index (κ1) is 18.1. The van der Waals surface area contributed by atoms with E-state index in [0.717, 1.165) is 19.4 Å². The fraction of sp³-hybridized carbons (Fsp3) is 0.500. The highest BCUT2D eigenvalue weighted by molar-refractivity contribution is 5.96. The second-order valence-corrected chi connectivity index (χ2v) is 6.01. The van der Waals surface area contributed by atoms with Gasteiger partial charge in [0.1, 0.15) is 0 Å². The lowest BCUT2D eigenvalue weighted by Crippen LogP contribution is -2.43. The highest BCUT2D eigenvalue weighted by Crippen LogP contribution is 2.18. The zero-order valence-corrected chi connectivity index (χ0v) is 14.2. The minimum absolute atomic E-state index is 0.00815. The zero-order chi connectivity index (χ0) is 17.5. The lowest BCUT2D eigenvalue weighted by Gasteiger charge is -2.30. The summed E-state index contributed by atoms with van der Waals surface area (Å²) < 4.78 is 5.07. The van der Waals surface area contributed by atoms with Gasteiger partial charge in [-0.1, -0.05) is 0 Å². The third kappa shape index (κ3) is 5.16. The van der Waals surface area contributed by atoms with Crippen molar-refractivity contribution in [2.45, 2.75) is 26.7 Å². The number of Topliss-reactive ketones (excluding diaryl/α,β-unsaturated/α-hetero) is 1. The number of piperidine rings is 1. The van der Waals surface area contributed by atoms with E-state index in [4.69, 9.17) is 4.74 Å². The van der Waals surface area contributed by atoms with Crippen LogP contribution in [-0.2, 0) is 14.3 Å². The summed E-state index contributed by atoms with van der Waals surface area (Å²) in [6.07, 6.45) is 1.69. The summed E-state index contributed by atoms with van der Waals surface area (Å²) >= 11 is 0. The molecular weight excluding hydrogens is 308 g/mol. The van der Waals surface area contributed by atoms with Gasteiger partial charge in [0.05, 0.1) is 19.1 Å². The minimum Gasteiger partial charge on any atom is -0.466 e. The van der Waals surface area contributed by atoms with Crippen molar-refractivity contribution in [1.82, 2.24) is 4.90 Å². The van der Waals surface area contributed by atoms with Crippen molar-refractivity contribution < 1.29 is 19.1 Å². The maximum absolute atomic E-state index is 12.2. The van der Waals surface area contributed by atoms with Crippen molar-refractivity contribution in [2.24, 2.45) is 5.92 Å². The largest absolute Gasteiger partial charge is 0.466 e. The normalized spacial score (nSPS) is 18.0. The van der Waals surface area contributed by atoms with Crippen LogP contribution in [0.25, 0.3) is 0 Å². The number of nitrogens with one attached hydrogen (secondary N) is 1. The zero-order valence-electron chi connectivity index (χ0n) is 14.2. The topological polar surface area (TPSA) is 75.7 Å². The van der Waals surface area contributed by atoms with Crippen LogP contribution in [0, 0.1) is 5.92 Å². The Kier molecular flexibility index (Phi) is 6.49. The van der Waals surface area contributed by atoms with Crippen molar-refractivity contribution in [2.75, 3.05) is 31.6 Å². The number of esters is 1. The number of hydrogen-bond acceptors (Lipinski definition) is 5. The molecule has 1 N–H and O–H groups in total. The van der Waals surface area contributed by atoms with Crippen molar-refractivity contribution in [3.8, 4) is 0 Å². The number of benzene rings is 1. The number of amides is 1. The number of ether oxygens (including phenoxy) is 1. The lowest BCUT2D eigenvalue weighted by molar-refractivity contribution is -0.150. The molecule has 1 heterocycles. The van der Waals surface area contributed by atoms with Crippen LogP contribution in [0.5, 0.6) is 0 Å². The average molecular weight is 332 g/mol. The van der Waals surface area contributed by atoms with Crippen LogP contribution in [0.15, 0.2) is 24.3 Å². The summed E-state index contributed by atoms with van der Waals surface area (Å²) in [6, 6.07) is 6.81. The number of ketones is 1. The number of anilines is 1. The second kappa shape index (κ2) is 8.59. The van der Waals surface area contributed by atoms with Gasteiger partial charge >= 0.3 is 5.97 Å². The standard InChI is InChI=1S/C18H24N2O4/c1-3-24-18(23)15-5-4-10-20(11-15)12-17(22)19-16-8-6-14(7-9-16)13(2)21/h6-9,15H,3-5,10-12H2,1-2H3,(H,19,22)/t15-/m0/s1. The van der Waals surface area contributed by atoms with Crippen molar-refractivity contribution in [1.29, 1.82) is 0 Å². The van der Waals surface area contributed by atoms with E-state index in [1.54, 1.807) is 31.2 Å². The van der Waals surface area contributed by atoms with E-state index in [9.17, 15) is 14.4 Å². The Bertz CT molecular complexity index is 598. The molecule has 0 aliphatic carbocycles. The van der Waals surface area contributed by atoms with Gasteiger partial charge in [-0.3, -0.25) is 19.3 Å². The molecule has 0 radical (unpaired) electrons. The Morgan fingerprint density at radius 2 is 1.96 bits per heavy atom. The number of carbonyl (C=O) groups excluding carboxylic acids is 3. The number of hydrogen-bond donors (Lipinski definition) is 1. The van der Waals surface area contributed by atoms with Gasteiger partial charge in [0.15, 0.2) is 5.78 Å². The van der Waals surface area contributed by atoms with Gasteiger partial charge in [-0.15, -0.1) is 0 Å². The van der Waals surface area contributed by atoms with E-state index < -0.39 is 0 Å². The molecule has 1 atom stereocenters. The van der Waals surface area contributed by atoms with E-state index in [2.05, 4.69) is 5.32 Å². The molecule has 1 fully saturated rings. The molecule has 24 heavy (non-hydrogen) atoms. The molecule has 1 aliphatic heterocycles. The summed E-state index contributed by atoms with van der Waals surface area (Å²) in [5.41, 5.74) is 1.27. The first-order valence-corrected chi connectivity index (χ1v) is 8.29. The van der Waals surface area contributed by atoms with E-state index >= 15 is 0 Å². The summed E-state index contributed by atoms with van der Waals surface area (Å²) in [5, 5.41) is 2.82. The highest BCUT2D eigenvalue weighted by atomic mass is 16.5. The van der Waals surface area contributed by atoms with E-state index in [-0.39, 0.29) is 30.1 Å². The molecule has 6 nitrogen and oxygen atoms in total. The SMILES string of the molecule is CCOC(=O)[C@H]1CCCN(CC(=O)Nc2ccc(C(C)=O)cc2)C1. The minimum atomic E-state index is -0.178.